The van der Waals surface area contributed by atoms with Crippen molar-refractivity contribution >= 4 is 11.3 Å². The molecule has 1 aromatic heterocycles. The Bertz CT molecular complexity index is 336. The molecular weight excluding hydrogens is 202 g/mol. The van der Waals surface area contributed by atoms with Gasteiger partial charge in [-0.2, -0.15) is 0 Å². The minimum Gasteiger partial charge on any atom is -0.316 e. The molecule has 0 spiro atoms. The van der Waals surface area contributed by atoms with Crippen LogP contribution in [0.5, 0.6) is 0 Å². The average molecular weight is 221 g/mol. The summed E-state index contributed by atoms with van der Waals surface area (Å²) >= 11 is 2.02. The van der Waals surface area contributed by atoms with Crippen molar-refractivity contribution in [1.82, 2.24) is 5.32 Å². The van der Waals surface area contributed by atoms with Crippen LogP contribution in [0, 0.1) is 0 Å². The fraction of sp³-hybridized carbons (Fsp3) is 0.692. The second-order valence-electron chi connectivity index (χ2n) is 4.84. The van der Waals surface area contributed by atoms with E-state index in [-0.39, 0.29) is 0 Å². The second kappa shape index (κ2) is 4.26. The number of aryl methyl sites for hydroxylation is 1. The van der Waals surface area contributed by atoms with Crippen molar-refractivity contribution in [2.24, 2.45) is 0 Å². The van der Waals surface area contributed by atoms with Crippen LogP contribution in [0.2, 0.25) is 0 Å². The Morgan fingerprint density at radius 3 is 3.00 bits per heavy atom. The van der Waals surface area contributed by atoms with Crippen molar-refractivity contribution in [3.63, 3.8) is 0 Å². The van der Waals surface area contributed by atoms with E-state index in [1.54, 1.807) is 16.0 Å². The van der Waals surface area contributed by atoms with Crippen LogP contribution in [0.3, 0.4) is 0 Å². The zero-order chi connectivity index (χ0) is 10.1. The van der Waals surface area contributed by atoms with Gasteiger partial charge in [-0.05, 0) is 67.5 Å². The molecule has 1 fully saturated rings. The SMILES string of the molecule is c1sc2c(c1C1CCCNC1)CCCC2. The highest BCUT2D eigenvalue weighted by Gasteiger charge is 2.22. The van der Waals surface area contributed by atoms with E-state index < -0.39 is 0 Å². The van der Waals surface area contributed by atoms with Gasteiger partial charge in [-0.1, -0.05) is 0 Å². The van der Waals surface area contributed by atoms with E-state index in [1.165, 1.54) is 51.6 Å². The van der Waals surface area contributed by atoms with E-state index in [0.717, 1.165) is 5.92 Å². The molecule has 0 saturated carbocycles. The monoisotopic (exact) mass is 221 g/mol. The standard InChI is InChI=1S/C13H19NS/c1-2-6-13-11(5-1)12(9-15-13)10-4-3-7-14-8-10/h9-10,14H,1-8H2. The Kier molecular flexibility index (Phi) is 2.80. The maximum absolute atomic E-state index is 3.53. The lowest BCUT2D eigenvalue weighted by Crippen LogP contribution is -2.28. The molecule has 2 heterocycles. The van der Waals surface area contributed by atoms with Crippen molar-refractivity contribution in [2.75, 3.05) is 13.1 Å². The van der Waals surface area contributed by atoms with Gasteiger partial charge in [-0.25, -0.2) is 0 Å². The van der Waals surface area contributed by atoms with E-state index in [1.807, 2.05) is 11.3 Å². The van der Waals surface area contributed by atoms with Crippen molar-refractivity contribution in [1.29, 1.82) is 0 Å². The lowest BCUT2D eigenvalue weighted by atomic mass is 9.86. The first-order valence-corrected chi connectivity index (χ1v) is 7.13. The van der Waals surface area contributed by atoms with E-state index in [9.17, 15) is 0 Å². The summed E-state index contributed by atoms with van der Waals surface area (Å²) in [7, 11) is 0. The minimum atomic E-state index is 0.817. The maximum Gasteiger partial charge on any atom is 0.00801 e. The molecule has 0 bridgehead atoms. The Labute approximate surface area is 95.9 Å². The largest absolute Gasteiger partial charge is 0.316 e. The first-order chi connectivity index (χ1) is 7.45. The van der Waals surface area contributed by atoms with Gasteiger partial charge in [0.2, 0.25) is 0 Å². The van der Waals surface area contributed by atoms with Crippen LogP contribution in [0.15, 0.2) is 5.38 Å². The van der Waals surface area contributed by atoms with Gasteiger partial charge in [0, 0.05) is 11.4 Å². The van der Waals surface area contributed by atoms with Crippen LogP contribution in [0.25, 0.3) is 0 Å². The van der Waals surface area contributed by atoms with Gasteiger partial charge < -0.3 is 5.32 Å². The van der Waals surface area contributed by atoms with Crippen molar-refractivity contribution in [2.45, 2.75) is 44.4 Å². The van der Waals surface area contributed by atoms with Gasteiger partial charge in [-0.3, -0.25) is 0 Å². The van der Waals surface area contributed by atoms with E-state index in [4.69, 9.17) is 0 Å². The fourth-order valence-corrected chi connectivity index (χ4v) is 4.21. The molecule has 82 valence electrons. The zero-order valence-corrected chi connectivity index (χ0v) is 10.0. The molecule has 0 radical (unpaired) electrons. The molecule has 3 rings (SSSR count). The quantitative estimate of drug-likeness (QED) is 0.768. The lowest BCUT2D eigenvalue weighted by molar-refractivity contribution is 0.459. The molecular formula is C13H19NS. The predicted octanol–water partition coefficient (Wildman–Crippen LogP) is 3.09. The van der Waals surface area contributed by atoms with Crippen LogP contribution in [0.1, 0.15) is 47.6 Å². The number of fused-ring (bicyclic) bond motifs is 1. The van der Waals surface area contributed by atoms with Gasteiger partial charge in [0.25, 0.3) is 0 Å². The Hall–Kier alpha value is -0.340. The number of piperidine rings is 1. The van der Waals surface area contributed by atoms with Crippen LogP contribution in [0.4, 0.5) is 0 Å². The molecule has 1 saturated heterocycles. The highest BCUT2D eigenvalue weighted by atomic mass is 32.1. The molecule has 1 aliphatic carbocycles. The number of rotatable bonds is 1. The smallest absolute Gasteiger partial charge is 0.00801 e. The number of hydrogen-bond acceptors (Lipinski definition) is 2. The third-order valence-electron chi connectivity index (χ3n) is 3.83. The van der Waals surface area contributed by atoms with E-state index >= 15 is 0 Å². The maximum atomic E-state index is 3.53. The minimum absolute atomic E-state index is 0.817. The van der Waals surface area contributed by atoms with Crippen LogP contribution >= 0.6 is 11.3 Å². The fourth-order valence-electron chi connectivity index (χ4n) is 2.98. The van der Waals surface area contributed by atoms with E-state index in [0.29, 0.717) is 0 Å². The molecule has 1 nitrogen and oxygen atoms in total. The summed E-state index contributed by atoms with van der Waals surface area (Å²) in [5.41, 5.74) is 3.43. The molecule has 1 N–H and O–H groups in total. The number of hydrogen-bond donors (Lipinski definition) is 1. The molecule has 0 amide bonds. The van der Waals surface area contributed by atoms with Gasteiger partial charge >= 0.3 is 0 Å². The third-order valence-corrected chi connectivity index (χ3v) is 4.94. The topological polar surface area (TPSA) is 12.0 Å². The summed E-state index contributed by atoms with van der Waals surface area (Å²) < 4.78 is 0. The van der Waals surface area contributed by atoms with Crippen molar-refractivity contribution in [3.05, 3.63) is 21.4 Å². The first kappa shape index (κ1) is 9.86. The molecule has 1 atom stereocenters. The van der Waals surface area contributed by atoms with Crippen LogP contribution in [-0.2, 0) is 12.8 Å². The number of nitrogens with one attached hydrogen (secondary N) is 1. The summed E-state index contributed by atoms with van der Waals surface area (Å²) in [5.74, 6) is 0.817. The molecule has 1 aromatic rings. The average Bonchev–Trinajstić information content (AvgIpc) is 2.74. The normalized spacial score (nSPS) is 26.3. The van der Waals surface area contributed by atoms with Gasteiger partial charge in [0.05, 0.1) is 0 Å². The zero-order valence-electron chi connectivity index (χ0n) is 9.22. The van der Waals surface area contributed by atoms with Gasteiger partial charge in [0.15, 0.2) is 0 Å². The van der Waals surface area contributed by atoms with Crippen LogP contribution < -0.4 is 5.32 Å². The van der Waals surface area contributed by atoms with E-state index in [2.05, 4.69) is 10.7 Å². The predicted molar refractivity (Wildman–Crippen MR) is 65.8 cm³/mol. The summed E-state index contributed by atoms with van der Waals surface area (Å²) in [5, 5.41) is 5.99. The van der Waals surface area contributed by atoms with Crippen molar-refractivity contribution < 1.29 is 0 Å². The van der Waals surface area contributed by atoms with Gasteiger partial charge in [-0.15, -0.1) is 11.3 Å². The summed E-state index contributed by atoms with van der Waals surface area (Å²) in [4.78, 5) is 1.70. The molecule has 2 heteroatoms. The summed E-state index contributed by atoms with van der Waals surface area (Å²) in [6.07, 6.45) is 8.28. The van der Waals surface area contributed by atoms with Crippen LogP contribution in [-0.4, -0.2) is 13.1 Å². The molecule has 15 heavy (non-hydrogen) atoms. The highest BCUT2D eigenvalue weighted by Crippen LogP contribution is 2.36. The number of thiophene rings is 1. The summed E-state index contributed by atoms with van der Waals surface area (Å²) in [6.45, 7) is 2.44. The highest BCUT2D eigenvalue weighted by molar-refractivity contribution is 7.10. The summed E-state index contributed by atoms with van der Waals surface area (Å²) in [6, 6.07) is 0. The molecule has 2 aliphatic rings. The Morgan fingerprint density at radius 1 is 1.20 bits per heavy atom. The van der Waals surface area contributed by atoms with Crippen molar-refractivity contribution in [3.8, 4) is 0 Å². The third kappa shape index (κ3) is 1.85. The Balaban J connectivity index is 1.87. The molecule has 1 unspecified atom stereocenters. The lowest BCUT2D eigenvalue weighted by Gasteiger charge is -2.24. The van der Waals surface area contributed by atoms with Gasteiger partial charge in [0.1, 0.15) is 0 Å². The first-order valence-electron chi connectivity index (χ1n) is 6.25. The molecule has 1 aliphatic heterocycles. The Morgan fingerprint density at radius 2 is 2.13 bits per heavy atom. The second-order valence-corrected chi connectivity index (χ2v) is 5.81. The molecule has 0 aromatic carbocycles.